The van der Waals surface area contributed by atoms with Gasteiger partial charge in [0.25, 0.3) is 0 Å². The molecule has 0 unspecified atom stereocenters. The average Bonchev–Trinajstić information content (AvgIpc) is 2.93. The fraction of sp³-hybridized carbons (Fsp3) is 0.200. The van der Waals surface area contributed by atoms with Crippen molar-refractivity contribution in [3.05, 3.63) is 70.4 Å². The molecule has 3 aromatic rings. The van der Waals surface area contributed by atoms with E-state index in [9.17, 15) is 9.90 Å². The zero-order valence-corrected chi connectivity index (χ0v) is 15.1. The molecule has 0 aliphatic rings. The van der Waals surface area contributed by atoms with Gasteiger partial charge in [0.1, 0.15) is 5.56 Å². The molecule has 0 saturated carbocycles. The van der Waals surface area contributed by atoms with E-state index >= 15 is 0 Å². The summed E-state index contributed by atoms with van der Waals surface area (Å²) in [5, 5.41) is 14.9. The Morgan fingerprint density at radius 1 is 1.12 bits per heavy atom. The highest BCUT2D eigenvalue weighted by molar-refractivity contribution is 6.30. The normalized spacial score (nSPS) is 11.1. The second-order valence-corrected chi connectivity index (χ2v) is 6.68. The van der Waals surface area contributed by atoms with Crippen molar-refractivity contribution in [2.24, 2.45) is 0 Å². The second kappa shape index (κ2) is 6.73. The Kier molecular flexibility index (Phi) is 4.64. The zero-order chi connectivity index (χ0) is 18.1. The molecule has 1 N–H and O–H groups in total. The standard InChI is InChI=1S/C20H19ClN2O2/c1-12(2)16-6-4-5-7-17(16)23-19(14-8-10-15(21)11-9-14)18(20(24)25)13(3)22-23/h4-12H,1-3H3,(H,24,25). The van der Waals surface area contributed by atoms with Crippen LogP contribution in [0.3, 0.4) is 0 Å². The van der Waals surface area contributed by atoms with Gasteiger partial charge in [-0.1, -0.05) is 55.8 Å². The van der Waals surface area contributed by atoms with Crippen LogP contribution >= 0.6 is 11.6 Å². The van der Waals surface area contributed by atoms with Gasteiger partial charge in [0.05, 0.1) is 17.1 Å². The number of rotatable bonds is 4. The number of carboxylic acid groups (broad SMARTS) is 1. The maximum atomic E-state index is 11.9. The van der Waals surface area contributed by atoms with Gasteiger partial charge >= 0.3 is 5.97 Å². The molecule has 2 aromatic carbocycles. The number of carbonyl (C=O) groups is 1. The van der Waals surface area contributed by atoms with Crippen molar-refractivity contribution in [1.82, 2.24) is 9.78 Å². The summed E-state index contributed by atoms with van der Waals surface area (Å²) >= 11 is 5.99. The Labute approximate surface area is 151 Å². The average molecular weight is 355 g/mol. The van der Waals surface area contributed by atoms with E-state index in [1.807, 2.05) is 36.4 Å². The lowest BCUT2D eigenvalue weighted by Crippen LogP contribution is -2.06. The maximum Gasteiger partial charge on any atom is 0.339 e. The van der Waals surface area contributed by atoms with E-state index < -0.39 is 5.97 Å². The number of hydrogen-bond donors (Lipinski definition) is 1. The minimum atomic E-state index is -0.990. The molecule has 0 aliphatic heterocycles. The van der Waals surface area contributed by atoms with Gasteiger partial charge < -0.3 is 5.11 Å². The van der Waals surface area contributed by atoms with Crippen LogP contribution in [0.1, 0.15) is 41.4 Å². The van der Waals surface area contributed by atoms with Crippen LogP contribution in [-0.4, -0.2) is 20.9 Å². The summed E-state index contributed by atoms with van der Waals surface area (Å²) in [6.45, 7) is 5.93. The van der Waals surface area contributed by atoms with Crippen molar-refractivity contribution >= 4 is 17.6 Å². The third-order valence-electron chi connectivity index (χ3n) is 4.18. The number of hydrogen-bond acceptors (Lipinski definition) is 2. The lowest BCUT2D eigenvalue weighted by Gasteiger charge is -2.15. The topological polar surface area (TPSA) is 55.1 Å². The Hall–Kier alpha value is -2.59. The van der Waals surface area contributed by atoms with E-state index in [1.54, 1.807) is 23.7 Å². The van der Waals surface area contributed by atoms with Gasteiger partial charge in [0.15, 0.2) is 0 Å². The molecule has 0 radical (unpaired) electrons. The van der Waals surface area contributed by atoms with Gasteiger partial charge in [-0.05, 0) is 36.6 Å². The molecular formula is C20H19ClN2O2. The Balaban J connectivity index is 2.34. The van der Waals surface area contributed by atoms with Crippen molar-refractivity contribution in [2.45, 2.75) is 26.7 Å². The highest BCUT2D eigenvalue weighted by Crippen LogP contribution is 2.32. The fourth-order valence-corrected chi connectivity index (χ4v) is 3.13. The van der Waals surface area contributed by atoms with Crippen LogP contribution in [0.2, 0.25) is 5.02 Å². The predicted octanol–water partition coefficient (Wildman–Crippen LogP) is 5.32. The zero-order valence-electron chi connectivity index (χ0n) is 14.3. The molecule has 5 heteroatoms. The molecule has 0 saturated heterocycles. The summed E-state index contributed by atoms with van der Waals surface area (Å²) in [7, 11) is 0. The first kappa shape index (κ1) is 17.2. The van der Waals surface area contributed by atoms with Gasteiger partial charge in [-0.3, -0.25) is 0 Å². The van der Waals surface area contributed by atoms with Crippen molar-refractivity contribution in [3.8, 4) is 16.9 Å². The van der Waals surface area contributed by atoms with Gasteiger partial charge in [-0.15, -0.1) is 0 Å². The number of aryl methyl sites for hydroxylation is 1. The van der Waals surface area contributed by atoms with E-state index in [4.69, 9.17) is 11.6 Å². The molecular weight excluding hydrogens is 336 g/mol. The van der Waals surface area contributed by atoms with Crippen LogP contribution in [0.5, 0.6) is 0 Å². The summed E-state index contributed by atoms with van der Waals surface area (Å²) in [6, 6.07) is 15.1. The number of carboxylic acids is 1. The molecule has 1 heterocycles. The number of halogens is 1. The molecule has 4 nitrogen and oxygen atoms in total. The predicted molar refractivity (Wildman–Crippen MR) is 99.8 cm³/mol. The largest absolute Gasteiger partial charge is 0.478 e. The second-order valence-electron chi connectivity index (χ2n) is 6.25. The molecule has 0 fully saturated rings. The first-order valence-electron chi connectivity index (χ1n) is 8.08. The summed E-state index contributed by atoms with van der Waals surface area (Å²) in [5.41, 5.74) is 4.02. The van der Waals surface area contributed by atoms with E-state index in [-0.39, 0.29) is 11.5 Å². The number of aromatic carboxylic acids is 1. The molecule has 0 bridgehead atoms. The Bertz CT molecular complexity index is 927. The quantitative estimate of drug-likeness (QED) is 0.689. The highest BCUT2D eigenvalue weighted by atomic mass is 35.5. The first-order valence-corrected chi connectivity index (χ1v) is 8.46. The third kappa shape index (κ3) is 3.17. The lowest BCUT2D eigenvalue weighted by molar-refractivity contribution is 0.0697. The van der Waals surface area contributed by atoms with Gasteiger partial charge in [-0.25, -0.2) is 9.48 Å². The third-order valence-corrected chi connectivity index (χ3v) is 4.43. The van der Waals surface area contributed by atoms with E-state index in [0.29, 0.717) is 16.4 Å². The van der Waals surface area contributed by atoms with Gasteiger partial charge in [0.2, 0.25) is 0 Å². The molecule has 128 valence electrons. The molecule has 3 rings (SSSR count). The van der Waals surface area contributed by atoms with Crippen LogP contribution in [0.25, 0.3) is 16.9 Å². The van der Waals surface area contributed by atoms with Gasteiger partial charge in [-0.2, -0.15) is 5.10 Å². The van der Waals surface area contributed by atoms with Crippen LogP contribution < -0.4 is 0 Å². The van der Waals surface area contributed by atoms with Crippen molar-refractivity contribution in [1.29, 1.82) is 0 Å². The monoisotopic (exact) mass is 354 g/mol. The minimum absolute atomic E-state index is 0.209. The maximum absolute atomic E-state index is 11.9. The SMILES string of the molecule is Cc1nn(-c2ccccc2C(C)C)c(-c2ccc(Cl)cc2)c1C(=O)O. The highest BCUT2D eigenvalue weighted by Gasteiger charge is 2.24. The van der Waals surface area contributed by atoms with E-state index in [2.05, 4.69) is 18.9 Å². The number of aromatic nitrogens is 2. The smallest absolute Gasteiger partial charge is 0.339 e. The van der Waals surface area contributed by atoms with Gasteiger partial charge in [0, 0.05) is 10.6 Å². The summed E-state index contributed by atoms with van der Waals surface area (Å²) < 4.78 is 1.73. The molecule has 0 spiro atoms. The molecule has 0 amide bonds. The van der Waals surface area contributed by atoms with Crippen molar-refractivity contribution in [3.63, 3.8) is 0 Å². The lowest BCUT2D eigenvalue weighted by atomic mass is 10.0. The van der Waals surface area contributed by atoms with Crippen LogP contribution in [0.15, 0.2) is 48.5 Å². The van der Waals surface area contributed by atoms with E-state index in [1.165, 1.54) is 0 Å². The first-order chi connectivity index (χ1) is 11.9. The van der Waals surface area contributed by atoms with Crippen LogP contribution in [0.4, 0.5) is 0 Å². The van der Waals surface area contributed by atoms with Crippen LogP contribution in [0, 0.1) is 6.92 Å². The molecule has 0 aliphatic carbocycles. The Morgan fingerprint density at radius 3 is 2.36 bits per heavy atom. The fourth-order valence-electron chi connectivity index (χ4n) is 3.00. The Morgan fingerprint density at radius 2 is 1.76 bits per heavy atom. The summed E-state index contributed by atoms with van der Waals surface area (Å²) in [4.78, 5) is 11.9. The molecule has 1 aromatic heterocycles. The summed E-state index contributed by atoms with van der Waals surface area (Å²) in [6.07, 6.45) is 0. The molecule has 0 atom stereocenters. The minimum Gasteiger partial charge on any atom is -0.478 e. The summed E-state index contributed by atoms with van der Waals surface area (Å²) in [5.74, 6) is -0.706. The van der Waals surface area contributed by atoms with Crippen molar-refractivity contribution in [2.75, 3.05) is 0 Å². The van der Waals surface area contributed by atoms with E-state index in [0.717, 1.165) is 16.8 Å². The van der Waals surface area contributed by atoms with Crippen LogP contribution in [-0.2, 0) is 0 Å². The number of nitrogens with zero attached hydrogens (tertiary/aromatic N) is 2. The van der Waals surface area contributed by atoms with Crippen molar-refractivity contribution < 1.29 is 9.90 Å². The number of benzene rings is 2. The number of para-hydroxylation sites is 1. The molecule has 25 heavy (non-hydrogen) atoms.